The molecule has 2 rings (SSSR count). The number of benzene rings is 2. The predicted molar refractivity (Wildman–Crippen MR) is 79.6 cm³/mol. The summed E-state index contributed by atoms with van der Waals surface area (Å²) >= 11 is 28.2. The average molecular weight is 408 g/mol. The van der Waals surface area contributed by atoms with Crippen molar-refractivity contribution in [3.05, 3.63) is 61.5 Å². The Balaban J connectivity index is 0.000000352. The zero-order valence-electron chi connectivity index (χ0n) is 9.10. The summed E-state index contributed by atoms with van der Waals surface area (Å²) in [6, 6.07) is 10.2. The van der Waals surface area contributed by atoms with Gasteiger partial charge in [-0.3, -0.25) is 0 Å². The Hall–Kier alpha value is 0.209. The molecule has 1 N–H and O–H groups in total. The third-order valence-electron chi connectivity index (χ3n) is 1.81. The van der Waals surface area contributed by atoms with Gasteiger partial charge in [0, 0.05) is 17.1 Å². The van der Waals surface area contributed by atoms with Crippen LogP contribution in [0.3, 0.4) is 0 Å². The minimum absolute atomic E-state index is 0. The molecule has 2 aromatic rings. The minimum Gasteiger partial charge on any atom is -0.508 e. The van der Waals surface area contributed by atoms with Gasteiger partial charge in [-0.1, -0.05) is 76.2 Å². The van der Waals surface area contributed by atoms with Crippen LogP contribution in [-0.2, 0) is 17.1 Å². The van der Waals surface area contributed by atoms with E-state index in [9.17, 15) is 0 Å². The molecule has 0 atom stereocenters. The van der Waals surface area contributed by atoms with Gasteiger partial charge in [0.05, 0.1) is 25.1 Å². The van der Waals surface area contributed by atoms with Crippen LogP contribution < -0.4 is 0 Å². The number of phenolic OH excluding ortho intramolecular Hbond substituents is 1. The van der Waals surface area contributed by atoms with Gasteiger partial charge in [0.1, 0.15) is 5.75 Å². The molecule has 0 bridgehead atoms. The first kappa shape index (κ1) is 19.2. The minimum atomic E-state index is 0. The van der Waals surface area contributed by atoms with Crippen LogP contribution in [0.5, 0.6) is 5.75 Å². The number of halogens is 5. The van der Waals surface area contributed by atoms with Crippen LogP contribution in [0.25, 0.3) is 0 Å². The maximum absolute atomic E-state index is 8.63. The standard InChI is InChI=1S/C6HCl5.C6H6O.Cu/c7-2-1-3(8)5(10)6(11)4(2)9;7-6-4-2-1-3-5-6;/h1H;1-5,7H;. The van der Waals surface area contributed by atoms with E-state index in [1.54, 1.807) is 24.3 Å². The Labute approximate surface area is 146 Å². The fourth-order valence-corrected chi connectivity index (χ4v) is 2.08. The van der Waals surface area contributed by atoms with Crippen LogP contribution in [0.15, 0.2) is 36.4 Å². The third-order valence-corrected chi connectivity index (χ3v) is 3.96. The van der Waals surface area contributed by atoms with Crippen molar-refractivity contribution in [1.82, 2.24) is 0 Å². The number of rotatable bonds is 0. The van der Waals surface area contributed by atoms with Gasteiger partial charge in [-0.25, -0.2) is 0 Å². The molecule has 0 saturated heterocycles. The summed E-state index contributed by atoms with van der Waals surface area (Å²) in [5.41, 5.74) is 0. The molecule has 0 aliphatic heterocycles. The predicted octanol–water partition coefficient (Wildman–Crippen LogP) is 6.34. The molecule has 0 heterocycles. The second-order valence-corrected chi connectivity index (χ2v) is 5.07. The molecule has 2 aromatic carbocycles. The van der Waals surface area contributed by atoms with E-state index in [2.05, 4.69) is 0 Å². The topological polar surface area (TPSA) is 20.2 Å². The van der Waals surface area contributed by atoms with E-state index < -0.39 is 0 Å². The van der Waals surface area contributed by atoms with Crippen molar-refractivity contribution in [3.63, 3.8) is 0 Å². The second kappa shape index (κ2) is 9.20. The van der Waals surface area contributed by atoms with E-state index in [-0.39, 0.29) is 32.1 Å². The largest absolute Gasteiger partial charge is 0.508 e. The molecule has 0 aliphatic carbocycles. The van der Waals surface area contributed by atoms with Gasteiger partial charge in [0.15, 0.2) is 0 Å². The molecule has 0 saturated carbocycles. The summed E-state index contributed by atoms with van der Waals surface area (Å²) in [4.78, 5) is 0. The fraction of sp³-hybridized carbons (Fsp3) is 0. The zero-order chi connectivity index (χ0) is 13.7. The van der Waals surface area contributed by atoms with Gasteiger partial charge in [-0.05, 0) is 18.2 Å². The van der Waals surface area contributed by atoms with Gasteiger partial charge < -0.3 is 5.11 Å². The van der Waals surface area contributed by atoms with E-state index in [4.69, 9.17) is 63.1 Å². The molecule has 0 amide bonds. The summed E-state index contributed by atoms with van der Waals surface area (Å²) in [5.74, 6) is 0.322. The van der Waals surface area contributed by atoms with Gasteiger partial charge in [-0.2, -0.15) is 0 Å². The number of aromatic hydroxyl groups is 1. The van der Waals surface area contributed by atoms with Crippen LogP contribution in [-0.4, -0.2) is 5.11 Å². The summed E-state index contributed by atoms with van der Waals surface area (Å²) in [7, 11) is 0. The Morgan fingerprint density at radius 3 is 1.42 bits per heavy atom. The maximum atomic E-state index is 8.63. The number of phenols is 1. The summed E-state index contributed by atoms with van der Waals surface area (Å²) < 4.78 is 0. The van der Waals surface area contributed by atoms with Gasteiger partial charge in [0.2, 0.25) is 0 Å². The monoisotopic (exact) mass is 405 g/mol. The normalized spacial score (nSPS) is 9.11. The third kappa shape index (κ3) is 6.01. The molecule has 1 radical (unpaired) electrons. The van der Waals surface area contributed by atoms with Gasteiger partial charge in [0.25, 0.3) is 0 Å². The first-order valence-corrected chi connectivity index (χ1v) is 6.55. The van der Waals surface area contributed by atoms with E-state index in [1.807, 2.05) is 6.07 Å². The van der Waals surface area contributed by atoms with E-state index >= 15 is 0 Å². The molecule has 7 heteroatoms. The molecule has 107 valence electrons. The zero-order valence-corrected chi connectivity index (χ0v) is 13.8. The van der Waals surface area contributed by atoms with Gasteiger partial charge >= 0.3 is 0 Å². The van der Waals surface area contributed by atoms with Crippen LogP contribution in [0, 0.1) is 0 Å². The Bertz CT molecular complexity index is 507. The molecule has 0 unspecified atom stereocenters. The number of hydrogen-bond acceptors (Lipinski definition) is 1. The molecular weight excluding hydrogens is 401 g/mol. The second-order valence-electron chi connectivity index (χ2n) is 3.12. The number of para-hydroxylation sites is 1. The first-order valence-electron chi connectivity index (χ1n) is 4.66. The maximum Gasteiger partial charge on any atom is 0.115 e. The van der Waals surface area contributed by atoms with Crippen molar-refractivity contribution < 1.29 is 22.2 Å². The van der Waals surface area contributed by atoms with Crippen LogP contribution in [0.2, 0.25) is 25.1 Å². The van der Waals surface area contributed by atoms with Crippen LogP contribution in [0.4, 0.5) is 0 Å². The van der Waals surface area contributed by atoms with Gasteiger partial charge in [-0.15, -0.1) is 0 Å². The summed E-state index contributed by atoms with van der Waals surface area (Å²) in [5, 5.41) is 9.86. The quantitative estimate of drug-likeness (QED) is 0.306. The Morgan fingerprint density at radius 2 is 1.11 bits per heavy atom. The molecule has 1 nitrogen and oxygen atoms in total. The molecule has 0 aliphatic rings. The van der Waals surface area contributed by atoms with Crippen molar-refractivity contribution in [2.75, 3.05) is 0 Å². The Morgan fingerprint density at radius 1 is 0.684 bits per heavy atom. The van der Waals surface area contributed by atoms with Crippen molar-refractivity contribution in [2.45, 2.75) is 0 Å². The first-order chi connectivity index (χ1) is 8.43. The Kier molecular flexibility index (Phi) is 9.30. The molecule has 19 heavy (non-hydrogen) atoms. The molecular formula is C12H7Cl5CuO. The molecule has 0 aromatic heterocycles. The SMILES string of the molecule is Clc1cc(Cl)c(Cl)c(Cl)c1Cl.Oc1ccccc1.[Cu]. The van der Waals surface area contributed by atoms with Crippen molar-refractivity contribution in [1.29, 1.82) is 0 Å². The van der Waals surface area contributed by atoms with Crippen LogP contribution in [0.1, 0.15) is 0 Å². The van der Waals surface area contributed by atoms with Crippen molar-refractivity contribution >= 4 is 58.0 Å². The van der Waals surface area contributed by atoms with Crippen LogP contribution >= 0.6 is 58.0 Å². The smallest absolute Gasteiger partial charge is 0.115 e. The van der Waals surface area contributed by atoms with Crippen molar-refractivity contribution in [3.8, 4) is 5.75 Å². The van der Waals surface area contributed by atoms with E-state index in [1.165, 1.54) is 6.07 Å². The van der Waals surface area contributed by atoms with E-state index in [0.29, 0.717) is 15.8 Å². The summed E-state index contributed by atoms with van der Waals surface area (Å²) in [6.07, 6.45) is 0. The van der Waals surface area contributed by atoms with Crippen molar-refractivity contribution in [2.24, 2.45) is 0 Å². The molecule has 0 spiro atoms. The summed E-state index contributed by atoms with van der Waals surface area (Å²) in [6.45, 7) is 0. The molecule has 0 fully saturated rings. The van der Waals surface area contributed by atoms with E-state index in [0.717, 1.165) is 0 Å². The fourth-order valence-electron chi connectivity index (χ4n) is 0.972. The number of hydrogen-bond donors (Lipinski definition) is 1. The average Bonchev–Trinajstić information content (AvgIpc) is 2.36.